The molecule has 112 valence electrons. The van der Waals surface area contributed by atoms with E-state index >= 15 is 0 Å². The zero-order valence-corrected chi connectivity index (χ0v) is 13.1. The van der Waals surface area contributed by atoms with Crippen LogP contribution < -0.4 is 5.32 Å². The number of hydrogen-bond acceptors (Lipinski definition) is 1. The molecule has 3 aromatic rings. The Kier molecular flexibility index (Phi) is 3.49. The molecule has 0 spiro atoms. The van der Waals surface area contributed by atoms with E-state index in [4.69, 9.17) is 0 Å². The minimum atomic E-state index is -0.623. The van der Waals surface area contributed by atoms with E-state index in [1.807, 2.05) is 75.5 Å². The molecule has 0 aliphatic carbocycles. The molecule has 2 aromatic carbocycles. The van der Waals surface area contributed by atoms with Crippen molar-refractivity contribution in [1.82, 2.24) is 4.98 Å². The molecule has 1 heterocycles. The second-order valence-corrected chi connectivity index (χ2v) is 6.14. The summed E-state index contributed by atoms with van der Waals surface area (Å²) in [6, 6.07) is 15.9. The number of aryl methyl sites for hydroxylation is 1. The van der Waals surface area contributed by atoms with Crippen LogP contribution in [0.25, 0.3) is 10.9 Å². The van der Waals surface area contributed by atoms with Crippen LogP contribution in [0.1, 0.15) is 25.0 Å². The molecule has 3 heteroatoms. The van der Waals surface area contributed by atoms with E-state index in [2.05, 4.69) is 10.3 Å². The predicted molar refractivity (Wildman–Crippen MR) is 91.1 cm³/mol. The van der Waals surface area contributed by atoms with Crippen LogP contribution in [0.3, 0.4) is 0 Å². The van der Waals surface area contributed by atoms with Crippen LogP contribution in [-0.2, 0) is 10.2 Å². The molecule has 3 nitrogen and oxygen atoms in total. The van der Waals surface area contributed by atoms with Gasteiger partial charge < -0.3 is 10.3 Å². The third kappa shape index (κ3) is 2.39. The first-order valence-corrected chi connectivity index (χ1v) is 7.44. The molecular formula is C19H20N2O. The third-order valence-corrected chi connectivity index (χ3v) is 4.22. The van der Waals surface area contributed by atoms with Gasteiger partial charge >= 0.3 is 0 Å². The van der Waals surface area contributed by atoms with Gasteiger partial charge in [-0.1, -0.05) is 36.4 Å². The van der Waals surface area contributed by atoms with E-state index in [1.54, 1.807) is 0 Å². The van der Waals surface area contributed by atoms with E-state index in [0.29, 0.717) is 0 Å². The molecule has 0 radical (unpaired) electrons. The lowest BCUT2D eigenvalue weighted by Gasteiger charge is -2.24. The van der Waals surface area contributed by atoms with Gasteiger partial charge in [-0.05, 0) is 44.0 Å². The molecule has 0 aliphatic heterocycles. The summed E-state index contributed by atoms with van der Waals surface area (Å²) in [6.45, 7) is 5.90. The van der Waals surface area contributed by atoms with Gasteiger partial charge in [0.25, 0.3) is 0 Å². The van der Waals surface area contributed by atoms with Gasteiger partial charge in [0.2, 0.25) is 5.91 Å². The summed E-state index contributed by atoms with van der Waals surface area (Å²) in [5.74, 6) is -0.00782. The summed E-state index contributed by atoms with van der Waals surface area (Å²) in [4.78, 5) is 16.0. The molecule has 1 aromatic heterocycles. The smallest absolute Gasteiger partial charge is 0.234 e. The molecule has 0 fully saturated rings. The van der Waals surface area contributed by atoms with Gasteiger partial charge in [0, 0.05) is 22.8 Å². The number of fused-ring (bicyclic) bond motifs is 1. The van der Waals surface area contributed by atoms with Crippen molar-refractivity contribution in [2.24, 2.45) is 0 Å². The van der Waals surface area contributed by atoms with Gasteiger partial charge in [-0.3, -0.25) is 4.79 Å². The highest BCUT2D eigenvalue weighted by atomic mass is 16.2. The standard InChI is InChI=1S/C19H20N2O/c1-13-8-4-6-10-16(13)21-18(22)19(2,3)15-12-20-17-11-7-5-9-14(15)17/h4-12,20H,1-3H3,(H,21,22). The molecule has 2 N–H and O–H groups in total. The quantitative estimate of drug-likeness (QED) is 0.738. The maximum absolute atomic E-state index is 12.8. The Bertz CT molecular complexity index is 830. The summed E-state index contributed by atoms with van der Waals surface area (Å²) >= 11 is 0. The van der Waals surface area contributed by atoms with Gasteiger partial charge in [-0.15, -0.1) is 0 Å². The molecule has 0 saturated heterocycles. The number of nitrogens with one attached hydrogen (secondary N) is 2. The molecule has 0 atom stereocenters. The molecule has 0 bridgehead atoms. The highest BCUT2D eigenvalue weighted by molar-refractivity contribution is 6.02. The summed E-state index contributed by atoms with van der Waals surface area (Å²) in [6.07, 6.45) is 1.93. The molecule has 22 heavy (non-hydrogen) atoms. The lowest BCUT2D eigenvalue weighted by molar-refractivity contribution is -0.120. The third-order valence-electron chi connectivity index (χ3n) is 4.22. The maximum Gasteiger partial charge on any atom is 0.234 e. The molecule has 1 amide bonds. The zero-order chi connectivity index (χ0) is 15.7. The van der Waals surface area contributed by atoms with E-state index in [-0.39, 0.29) is 5.91 Å². The lowest BCUT2D eigenvalue weighted by atomic mass is 9.83. The van der Waals surface area contributed by atoms with Crippen LogP contribution in [0, 0.1) is 6.92 Å². The monoisotopic (exact) mass is 292 g/mol. The van der Waals surface area contributed by atoms with Gasteiger partial charge in [-0.25, -0.2) is 0 Å². The first-order chi connectivity index (χ1) is 10.5. The van der Waals surface area contributed by atoms with Crippen molar-refractivity contribution in [3.05, 3.63) is 65.9 Å². The summed E-state index contributed by atoms with van der Waals surface area (Å²) in [7, 11) is 0. The van der Waals surface area contributed by atoms with Crippen LogP contribution >= 0.6 is 0 Å². The second kappa shape index (κ2) is 5.34. The second-order valence-electron chi connectivity index (χ2n) is 6.14. The molecule has 0 saturated carbocycles. The highest BCUT2D eigenvalue weighted by Crippen LogP contribution is 2.31. The summed E-state index contributed by atoms with van der Waals surface area (Å²) < 4.78 is 0. The number of rotatable bonds is 3. The van der Waals surface area contributed by atoms with Crippen LogP contribution in [0.4, 0.5) is 5.69 Å². The number of anilines is 1. The van der Waals surface area contributed by atoms with Gasteiger partial charge in [-0.2, -0.15) is 0 Å². The van der Waals surface area contributed by atoms with Crippen LogP contribution in [0.2, 0.25) is 0 Å². The fourth-order valence-electron chi connectivity index (χ4n) is 2.70. The Balaban J connectivity index is 1.95. The number of hydrogen-bond donors (Lipinski definition) is 2. The number of benzene rings is 2. The Morgan fingerprint density at radius 2 is 1.73 bits per heavy atom. The Hall–Kier alpha value is -2.55. The number of H-pyrrole nitrogens is 1. The molecule has 0 unspecified atom stereocenters. The normalized spacial score (nSPS) is 11.6. The minimum Gasteiger partial charge on any atom is -0.361 e. The largest absolute Gasteiger partial charge is 0.361 e. The van der Waals surface area contributed by atoms with Crippen molar-refractivity contribution in [3.63, 3.8) is 0 Å². The minimum absolute atomic E-state index is 0.00782. The number of carbonyl (C=O) groups excluding carboxylic acids is 1. The average Bonchev–Trinajstić information content (AvgIpc) is 2.94. The van der Waals surface area contributed by atoms with Gasteiger partial charge in [0.15, 0.2) is 0 Å². The van der Waals surface area contributed by atoms with Crippen LogP contribution in [0.15, 0.2) is 54.7 Å². The van der Waals surface area contributed by atoms with Crippen molar-refractivity contribution in [3.8, 4) is 0 Å². The van der Waals surface area contributed by atoms with E-state index in [1.165, 1.54) is 0 Å². The van der Waals surface area contributed by atoms with E-state index in [9.17, 15) is 4.79 Å². The predicted octanol–water partition coefficient (Wildman–Crippen LogP) is 4.39. The summed E-state index contributed by atoms with van der Waals surface area (Å²) in [5.41, 5.74) is 3.36. The number of aromatic amines is 1. The van der Waals surface area contributed by atoms with Crippen molar-refractivity contribution in [2.45, 2.75) is 26.2 Å². The Morgan fingerprint density at radius 1 is 1.05 bits per heavy atom. The molecule has 3 rings (SSSR count). The van der Waals surface area contributed by atoms with E-state index < -0.39 is 5.41 Å². The lowest BCUT2D eigenvalue weighted by Crippen LogP contribution is -2.34. The number of para-hydroxylation sites is 2. The topological polar surface area (TPSA) is 44.9 Å². The first-order valence-electron chi connectivity index (χ1n) is 7.44. The first kappa shape index (κ1) is 14.4. The number of amides is 1. The van der Waals surface area contributed by atoms with Gasteiger partial charge in [0.05, 0.1) is 5.41 Å². The fraction of sp³-hybridized carbons (Fsp3) is 0.211. The van der Waals surface area contributed by atoms with Crippen molar-refractivity contribution in [1.29, 1.82) is 0 Å². The van der Waals surface area contributed by atoms with E-state index in [0.717, 1.165) is 27.7 Å². The van der Waals surface area contributed by atoms with Crippen LogP contribution in [-0.4, -0.2) is 10.9 Å². The maximum atomic E-state index is 12.8. The Labute approximate surface area is 130 Å². The molecule has 0 aliphatic rings. The van der Waals surface area contributed by atoms with Crippen molar-refractivity contribution >= 4 is 22.5 Å². The summed E-state index contributed by atoms with van der Waals surface area (Å²) in [5, 5.41) is 4.14. The number of aromatic nitrogens is 1. The van der Waals surface area contributed by atoms with Crippen LogP contribution in [0.5, 0.6) is 0 Å². The highest BCUT2D eigenvalue weighted by Gasteiger charge is 2.32. The average molecular weight is 292 g/mol. The van der Waals surface area contributed by atoms with Crippen molar-refractivity contribution in [2.75, 3.05) is 5.32 Å². The fourth-order valence-corrected chi connectivity index (χ4v) is 2.70. The van der Waals surface area contributed by atoms with Gasteiger partial charge in [0.1, 0.15) is 0 Å². The van der Waals surface area contributed by atoms with Crippen molar-refractivity contribution < 1.29 is 4.79 Å². The SMILES string of the molecule is Cc1ccccc1NC(=O)C(C)(C)c1c[nH]c2ccccc12. The Morgan fingerprint density at radius 3 is 2.50 bits per heavy atom. The zero-order valence-electron chi connectivity index (χ0n) is 13.1. The number of carbonyl (C=O) groups is 1. The molecular weight excluding hydrogens is 272 g/mol.